The molecule has 0 spiro atoms. The fraction of sp³-hybridized carbons (Fsp3) is 0.333. The third kappa shape index (κ3) is 3.35. The summed E-state index contributed by atoms with van der Waals surface area (Å²) in [5.41, 5.74) is 0.970. The Balaban J connectivity index is 1.41. The molecule has 0 radical (unpaired) electrons. The number of nitrogens with one attached hydrogen (secondary N) is 2. The minimum Gasteiger partial charge on any atom is -0.459 e. The molecule has 9 heteroatoms. The molecule has 0 unspecified atom stereocenters. The Bertz CT molecular complexity index is 1040. The molecule has 9 nitrogen and oxygen atoms in total. The Hall–Kier alpha value is -3.36. The maximum atomic E-state index is 12.7. The van der Waals surface area contributed by atoms with Crippen molar-refractivity contribution in [1.29, 1.82) is 0 Å². The number of nitrogens with zero attached hydrogens (tertiary/aromatic N) is 3. The van der Waals surface area contributed by atoms with E-state index in [0.717, 1.165) is 0 Å². The van der Waals surface area contributed by atoms with E-state index in [2.05, 4.69) is 15.4 Å². The molecule has 0 aliphatic carbocycles. The number of carbonyl (C=O) groups is 2. The fourth-order valence-corrected chi connectivity index (χ4v) is 3.28. The molecule has 4 rings (SSSR count). The Morgan fingerprint density at radius 3 is 2.81 bits per heavy atom. The van der Waals surface area contributed by atoms with E-state index in [1.54, 1.807) is 30.2 Å². The molecule has 0 bridgehead atoms. The van der Waals surface area contributed by atoms with Crippen molar-refractivity contribution in [2.45, 2.75) is 25.8 Å². The summed E-state index contributed by atoms with van der Waals surface area (Å²) in [6.45, 7) is 2.77. The number of aromatic amines is 1. The molecular formula is C18H19N5O4. The van der Waals surface area contributed by atoms with Gasteiger partial charge in [-0.3, -0.25) is 14.4 Å². The van der Waals surface area contributed by atoms with E-state index in [9.17, 15) is 14.4 Å². The zero-order chi connectivity index (χ0) is 19.0. The van der Waals surface area contributed by atoms with Crippen LogP contribution in [0.25, 0.3) is 5.52 Å². The van der Waals surface area contributed by atoms with E-state index in [4.69, 9.17) is 4.42 Å². The summed E-state index contributed by atoms with van der Waals surface area (Å²) in [5, 5.41) is 7.15. The molecule has 1 saturated heterocycles. The summed E-state index contributed by atoms with van der Waals surface area (Å²) in [5.74, 6) is -0.190. The highest BCUT2D eigenvalue weighted by atomic mass is 16.3. The van der Waals surface area contributed by atoms with Crippen molar-refractivity contribution in [2.24, 2.45) is 0 Å². The standard InChI is InChI=1S/C18H19N5O4/c1-11-10-23-14(16(24)19-11)9-13(21-23)18(26)22-6-4-12(5-7-22)20-17(25)15-3-2-8-27-15/h2-3,8-10,12H,4-7H2,1H3,(H,19,24)(H,20,25). The maximum Gasteiger partial charge on any atom is 0.287 e. The van der Waals surface area contributed by atoms with Crippen LogP contribution in [0.2, 0.25) is 0 Å². The highest BCUT2D eigenvalue weighted by Crippen LogP contribution is 2.15. The molecule has 140 valence electrons. The summed E-state index contributed by atoms with van der Waals surface area (Å²) < 4.78 is 6.51. The molecule has 1 aliphatic heterocycles. The molecule has 2 N–H and O–H groups in total. The van der Waals surface area contributed by atoms with Crippen molar-refractivity contribution in [3.63, 3.8) is 0 Å². The van der Waals surface area contributed by atoms with Gasteiger partial charge in [0.1, 0.15) is 5.52 Å². The first kappa shape index (κ1) is 17.1. The van der Waals surface area contributed by atoms with Crippen LogP contribution in [-0.2, 0) is 0 Å². The number of rotatable bonds is 3. The third-order valence-corrected chi connectivity index (χ3v) is 4.68. The maximum absolute atomic E-state index is 12.7. The van der Waals surface area contributed by atoms with Crippen LogP contribution >= 0.6 is 0 Å². The van der Waals surface area contributed by atoms with Gasteiger partial charge in [-0.05, 0) is 31.9 Å². The molecule has 0 atom stereocenters. The van der Waals surface area contributed by atoms with E-state index < -0.39 is 0 Å². The number of fused-ring (bicyclic) bond motifs is 1. The molecule has 1 aliphatic rings. The van der Waals surface area contributed by atoms with Crippen LogP contribution in [0.1, 0.15) is 39.6 Å². The molecule has 3 aromatic heterocycles. The van der Waals surface area contributed by atoms with Gasteiger partial charge >= 0.3 is 0 Å². The number of hydrogen-bond donors (Lipinski definition) is 2. The number of H-pyrrole nitrogens is 1. The second-order valence-corrected chi connectivity index (χ2v) is 6.64. The van der Waals surface area contributed by atoms with Gasteiger partial charge in [-0.1, -0.05) is 0 Å². The summed E-state index contributed by atoms with van der Waals surface area (Å²) in [7, 11) is 0. The summed E-state index contributed by atoms with van der Waals surface area (Å²) in [4.78, 5) is 41.1. The number of likely N-dealkylation sites (tertiary alicyclic amines) is 1. The number of aromatic nitrogens is 3. The van der Waals surface area contributed by atoms with Crippen LogP contribution in [0.3, 0.4) is 0 Å². The first-order valence-corrected chi connectivity index (χ1v) is 8.74. The lowest BCUT2D eigenvalue weighted by Crippen LogP contribution is -2.46. The molecule has 2 amide bonds. The lowest BCUT2D eigenvalue weighted by molar-refractivity contribution is 0.0689. The Morgan fingerprint density at radius 1 is 1.33 bits per heavy atom. The van der Waals surface area contributed by atoms with E-state index in [-0.39, 0.29) is 34.9 Å². The monoisotopic (exact) mass is 369 g/mol. The normalized spacial score (nSPS) is 15.2. The van der Waals surface area contributed by atoms with Gasteiger partial charge in [-0.25, -0.2) is 4.52 Å². The largest absolute Gasteiger partial charge is 0.459 e. The number of furan rings is 1. The predicted molar refractivity (Wildman–Crippen MR) is 95.6 cm³/mol. The first-order chi connectivity index (χ1) is 13.0. The van der Waals surface area contributed by atoms with E-state index >= 15 is 0 Å². The molecule has 4 heterocycles. The number of carbonyl (C=O) groups excluding carboxylic acids is 2. The van der Waals surface area contributed by atoms with Gasteiger partial charge in [0, 0.05) is 37.1 Å². The van der Waals surface area contributed by atoms with E-state index in [0.29, 0.717) is 37.1 Å². The highest BCUT2D eigenvalue weighted by Gasteiger charge is 2.27. The quantitative estimate of drug-likeness (QED) is 0.714. The van der Waals surface area contributed by atoms with E-state index in [1.807, 2.05) is 0 Å². The molecule has 1 fully saturated rings. The van der Waals surface area contributed by atoms with Gasteiger partial charge in [0.05, 0.1) is 6.26 Å². The second-order valence-electron chi connectivity index (χ2n) is 6.64. The average Bonchev–Trinajstić information content (AvgIpc) is 3.31. The molecule has 27 heavy (non-hydrogen) atoms. The van der Waals surface area contributed by atoms with Crippen molar-refractivity contribution in [3.8, 4) is 0 Å². The van der Waals surface area contributed by atoms with Gasteiger partial charge < -0.3 is 19.6 Å². The second kappa shape index (κ2) is 6.75. The zero-order valence-electron chi connectivity index (χ0n) is 14.8. The highest BCUT2D eigenvalue weighted by molar-refractivity contribution is 5.94. The van der Waals surface area contributed by atoms with Crippen LogP contribution in [0.15, 0.2) is 39.9 Å². The summed E-state index contributed by atoms with van der Waals surface area (Å²) >= 11 is 0. The van der Waals surface area contributed by atoms with Crippen molar-refractivity contribution < 1.29 is 14.0 Å². The van der Waals surface area contributed by atoms with Crippen LogP contribution in [0.5, 0.6) is 0 Å². The Morgan fingerprint density at radius 2 is 2.11 bits per heavy atom. The number of aryl methyl sites for hydroxylation is 1. The minimum atomic E-state index is -0.277. The number of piperidine rings is 1. The van der Waals surface area contributed by atoms with Gasteiger partial charge in [0.2, 0.25) is 0 Å². The first-order valence-electron chi connectivity index (χ1n) is 8.74. The fourth-order valence-electron chi connectivity index (χ4n) is 3.28. The van der Waals surface area contributed by atoms with Crippen molar-refractivity contribution in [2.75, 3.05) is 13.1 Å². The van der Waals surface area contributed by atoms with Crippen molar-refractivity contribution >= 4 is 17.3 Å². The minimum absolute atomic E-state index is 0.0155. The Labute approximate surface area is 154 Å². The van der Waals surface area contributed by atoms with Gasteiger partial charge in [-0.2, -0.15) is 5.10 Å². The summed E-state index contributed by atoms with van der Waals surface area (Å²) in [6.07, 6.45) is 4.41. The average molecular weight is 369 g/mol. The Kier molecular flexibility index (Phi) is 4.27. The van der Waals surface area contributed by atoms with Gasteiger partial charge in [0.25, 0.3) is 17.4 Å². The third-order valence-electron chi connectivity index (χ3n) is 4.68. The molecule has 0 aromatic carbocycles. The van der Waals surface area contributed by atoms with Crippen LogP contribution < -0.4 is 10.9 Å². The van der Waals surface area contributed by atoms with Gasteiger partial charge in [-0.15, -0.1) is 0 Å². The molecular weight excluding hydrogens is 350 g/mol. The SMILES string of the molecule is Cc1cn2nc(C(=O)N3CCC(NC(=O)c4ccco4)CC3)cc2c(=O)[nH]1. The topological polar surface area (TPSA) is 113 Å². The van der Waals surface area contributed by atoms with Crippen LogP contribution in [0.4, 0.5) is 0 Å². The molecule has 0 saturated carbocycles. The lowest BCUT2D eigenvalue weighted by atomic mass is 10.0. The zero-order valence-corrected chi connectivity index (χ0v) is 14.8. The van der Waals surface area contributed by atoms with Crippen LogP contribution in [0, 0.1) is 6.92 Å². The number of hydrogen-bond acceptors (Lipinski definition) is 5. The number of amides is 2. The predicted octanol–water partition coefficient (Wildman–Crippen LogP) is 0.959. The molecule has 3 aromatic rings. The van der Waals surface area contributed by atoms with Crippen molar-refractivity contribution in [3.05, 3.63) is 58.2 Å². The van der Waals surface area contributed by atoms with Crippen molar-refractivity contribution in [1.82, 2.24) is 24.8 Å². The summed E-state index contributed by atoms with van der Waals surface area (Å²) in [6, 6.07) is 4.77. The van der Waals surface area contributed by atoms with Gasteiger partial charge in [0.15, 0.2) is 11.5 Å². The van der Waals surface area contributed by atoms with Crippen LogP contribution in [-0.4, -0.2) is 50.4 Å². The van der Waals surface area contributed by atoms with E-state index in [1.165, 1.54) is 16.8 Å². The lowest BCUT2D eigenvalue weighted by Gasteiger charge is -2.31. The smallest absolute Gasteiger partial charge is 0.287 e.